The second-order valence-electron chi connectivity index (χ2n) is 11.2. The minimum absolute atomic E-state index is 0.130. The lowest BCUT2D eigenvalue weighted by atomic mass is 10.0. The molecule has 49 heavy (non-hydrogen) atoms. The number of carbonyl (C=O) groups excluding carboxylic acids is 5. The van der Waals surface area contributed by atoms with Gasteiger partial charge in [-0.25, -0.2) is 0 Å². The number of benzene rings is 2. The van der Waals surface area contributed by atoms with Crippen LogP contribution in [0.4, 0.5) is 0 Å². The van der Waals surface area contributed by atoms with Gasteiger partial charge in [-0.15, -0.1) is 0 Å². The Bertz CT molecular complexity index is 1540. The zero-order chi connectivity index (χ0) is 36.3. The Labute approximate surface area is 286 Å². The average molecular weight is 681 g/mol. The van der Waals surface area contributed by atoms with Crippen LogP contribution in [0.15, 0.2) is 48.6 Å². The lowest BCUT2D eigenvalue weighted by molar-refractivity contribution is -0.154. The first-order chi connectivity index (χ1) is 23.4. The van der Waals surface area contributed by atoms with Crippen LogP contribution in [-0.2, 0) is 44.7 Å². The standard InChI is InChI=1S/C37H44O12/c1-6-8-35(42)47-24(3)18-37(44)49-31-17-13-26(20-33(31)46-5)12-16-29(39)22-28(38)15-11-25-10-14-27(32(19-25)45-4)21-30(23-34(40)41)48-36(43)9-7-2/h10-17,19-20,24,30H,6-9,18,21-23H2,1-5H3,(H,40,41)/b15-11+,16-12+/t24-,30-/m1/s1. The Balaban J connectivity index is 1.99. The molecule has 12 heteroatoms. The van der Waals surface area contributed by atoms with E-state index in [9.17, 15) is 33.9 Å². The van der Waals surface area contributed by atoms with Gasteiger partial charge in [0.2, 0.25) is 0 Å². The van der Waals surface area contributed by atoms with E-state index in [0.29, 0.717) is 35.3 Å². The maximum absolute atomic E-state index is 12.5. The number of carbonyl (C=O) groups is 6. The number of aliphatic carboxylic acids is 1. The Kier molecular flexibility index (Phi) is 17.0. The highest BCUT2D eigenvalue weighted by molar-refractivity contribution is 6.10. The van der Waals surface area contributed by atoms with E-state index in [1.165, 1.54) is 44.6 Å². The number of hydrogen-bond acceptors (Lipinski definition) is 11. The number of hydrogen-bond donors (Lipinski definition) is 1. The van der Waals surface area contributed by atoms with Gasteiger partial charge in [0, 0.05) is 19.3 Å². The van der Waals surface area contributed by atoms with Gasteiger partial charge < -0.3 is 28.8 Å². The second-order valence-corrected chi connectivity index (χ2v) is 11.2. The molecule has 0 aliphatic carbocycles. The molecule has 0 unspecified atom stereocenters. The minimum Gasteiger partial charge on any atom is -0.496 e. The first-order valence-corrected chi connectivity index (χ1v) is 15.9. The van der Waals surface area contributed by atoms with Gasteiger partial charge in [-0.3, -0.25) is 28.8 Å². The molecular formula is C37H44O12. The fourth-order valence-corrected chi connectivity index (χ4v) is 4.55. The summed E-state index contributed by atoms with van der Waals surface area (Å²) < 4.78 is 26.7. The maximum Gasteiger partial charge on any atom is 0.315 e. The molecule has 0 spiro atoms. The quantitative estimate of drug-likeness (QED) is 0.0738. The molecule has 0 bridgehead atoms. The van der Waals surface area contributed by atoms with Crippen molar-refractivity contribution >= 4 is 47.6 Å². The summed E-state index contributed by atoms with van der Waals surface area (Å²) in [6.45, 7) is 5.28. The number of methoxy groups -OCH3 is 2. The maximum atomic E-state index is 12.5. The summed E-state index contributed by atoms with van der Waals surface area (Å²) in [7, 11) is 2.85. The van der Waals surface area contributed by atoms with Gasteiger partial charge in [0.25, 0.3) is 0 Å². The summed E-state index contributed by atoms with van der Waals surface area (Å²) in [6.07, 6.45) is 4.99. The largest absolute Gasteiger partial charge is 0.496 e. The second kappa shape index (κ2) is 20.9. The number of rotatable bonds is 21. The van der Waals surface area contributed by atoms with Crippen LogP contribution in [0, 0.1) is 0 Å². The Morgan fingerprint density at radius 3 is 1.82 bits per heavy atom. The zero-order valence-corrected chi connectivity index (χ0v) is 28.5. The monoisotopic (exact) mass is 680 g/mol. The fourth-order valence-electron chi connectivity index (χ4n) is 4.55. The molecule has 0 amide bonds. The van der Waals surface area contributed by atoms with Gasteiger partial charge >= 0.3 is 23.9 Å². The molecular weight excluding hydrogens is 636 g/mol. The molecule has 0 heterocycles. The summed E-state index contributed by atoms with van der Waals surface area (Å²) in [5.74, 6) is -2.60. The molecule has 2 aromatic rings. The molecule has 0 aromatic heterocycles. The number of carboxylic acids is 1. The van der Waals surface area contributed by atoms with E-state index < -0.39 is 41.7 Å². The van der Waals surface area contributed by atoms with Crippen molar-refractivity contribution in [3.63, 3.8) is 0 Å². The minimum atomic E-state index is -1.10. The average Bonchev–Trinajstić information content (AvgIpc) is 3.03. The van der Waals surface area contributed by atoms with Crippen molar-refractivity contribution < 1.29 is 57.6 Å². The number of allylic oxidation sites excluding steroid dienone is 2. The third-order valence-electron chi connectivity index (χ3n) is 6.84. The van der Waals surface area contributed by atoms with E-state index in [0.717, 1.165) is 0 Å². The van der Waals surface area contributed by atoms with Gasteiger partial charge in [-0.05, 0) is 66.8 Å². The van der Waals surface area contributed by atoms with E-state index in [1.54, 1.807) is 37.3 Å². The lowest BCUT2D eigenvalue weighted by Gasteiger charge is -2.18. The third kappa shape index (κ3) is 15.0. The molecule has 12 nitrogen and oxygen atoms in total. The molecule has 0 aliphatic rings. The van der Waals surface area contributed by atoms with Gasteiger partial charge in [0.15, 0.2) is 23.1 Å². The molecule has 264 valence electrons. The molecule has 0 saturated heterocycles. The van der Waals surface area contributed by atoms with Gasteiger partial charge in [-0.1, -0.05) is 44.2 Å². The van der Waals surface area contributed by atoms with E-state index in [-0.39, 0.29) is 56.0 Å². The van der Waals surface area contributed by atoms with Crippen LogP contribution in [-0.4, -0.2) is 67.0 Å². The van der Waals surface area contributed by atoms with Crippen LogP contribution >= 0.6 is 0 Å². The van der Waals surface area contributed by atoms with Crippen LogP contribution < -0.4 is 14.2 Å². The van der Waals surface area contributed by atoms with E-state index >= 15 is 0 Å². The molecule has 0 aliphatic heterocycles. The van der Waals surface area contributed by atoms with Crippen LogP contribution in [0.2, 0.25) is 0 Å². The normalized spacial score (nSPS) is 12.3. The van der Waals surface area contributed by atoms with Crippen LogP contribution in [0.25, 0.3) is 12.2 Å². The van der Waals surface area contributed by atoms with Gasteiger partial charge in [0.1, 0.15) is 18.0 Å². The van der Waals surface area contributed by atoms with Crippen molar-refractivity contribution in [1.82, 2.24) is 0 Å². The van der Waals surface area contributed by atoms with E-state index in [4.69, 9.17) is 23.7 Å². The van der Waals surface area contributed by atoms with Gasteiger partial charge in [0.05, 0.1) is 33.5 Å². The first kappa shape index (κ1) is 39.9. The number of carboxylic acid groups (broad SMARTS) is 1. The molecule has 2 atom stereocenters. The van der Waals surface area contributed by atoms with Crippen molar-refractivity contribution in [2.45, 2.75) is 84.3 Å². The van der Waals surface area contributed by atoms with E-state index in [1.807, 2.05) is 13.8 Å². The third-order valence-corrected chi connectivity index (χ3v) is 6.84. The number of esters is 3. The summed E-state index contributed by atoms with van der Waals surface area (Å²) in [5.41, 5.74) is 1.80. The predicted octanol–water partition coefficient (Wildman–Crippen LogP) is 5.72. The van der Waals surface area contributed by atoms with Gasteiger partial charge in [-0.2, -0.15) is 0 Å². The number of ether oxygens (including phenoxy) is 5. The van der Waals surface area contributed by atoms with Crippen molar-refractivity contribution in [3.8, 4) is 17.2 Å². The highest BCUT2D eigenvalue weighted by Crippen LogP contribution is 2.29. The van der Waals surface area contributed by atoms with Crippen molar-refractivity contribution in [2.24, 2.45) is 0 Å². The molecule has 1 N–H and O–H groups in total. The molecule has 0 radical (unpaired) electrons. The Morgan fingerprint density at radius 2 is 1.27 bits per heavy atom. The smallest absolute Gasteiger partial charge is 0.315 e. The molecule has 2 rings (SSSR count). The fraction of sp³-hybridized carbons (Fsp3) is 0.405. The summed E-state index contributed by atoms with van der Waals surface area (Å²) >= 11 is 0. The highest BCUT2D eigenvalue weighted by atomic mass is 16.6. The van der Waals surface area contributed by atoms with Crippen molar-refractivity contribution in [3.05, 3.63) is 65.2 Å². The Hall–Kier alpha value is -5.26. The van der Waals surface area contributed by atoms with E-state index in [2.05, 4.69) is 0 Å². The predicted molar refractivity (Wildman–Crippen MR) is 180 cm³/mol. The number of ketones is 2. The van der Waals surface area contributed by atoms with Crippen LogP contribution in [0.3, 0.4) is 0 Å². The zero-order valence-electron chi connectivity index (χ0n) is 28.5. The SMILES string of the molecule is CCCC(=O)O[C@@H](CC(=O)O)Cc1ccc(/C=C/C(=O)CC(=O)/C=C/c2ccc(OC(=O)C[C@@H](C)OC(=O)CCC)c(OC)c2)cc1OC. The molecule has 0 fully saturated rings. The lowest BCUT2D eigenvalue weighted by Crippen LogP contribution is -2.24. The van der Waals surface area contributed by atoms with Crippen LogP contribution in [0.5, 0.6) is 17.2 Å². The van der Waals surface area contributed by atoms with Crippen LogP contribution in [0.1, 0.15) is 82.4 Å². The summed E-state index contributed by atoms with van der Waals surface area (Å²) in [6, 6.07) is 9.74. The Morgan fingerprint density at radius 1 is 0.714 bits per heavy atom. The van der Waals surface area contributed by atoms with Crippen molar-refractivity contribution in [1.29, 1.82) is 0 Å². The first-order valence-electron chi connectivity index (χ1n) is 15.9. The van der Waals surface area contributed by atoms with Crippen molar-refractivity contribution in [2.75, 3.05) is 14.2 Å². The highest BCUT2D eigenvalue weighted by Gasteiger charge is 2.21. The molecule has 2 aromatic carbocycles. The topological polar surface area (TPSA) is 169 Å². The summed E-state index contributed by atoms with van der Waals surface area (Å²) in [5, 5.41) is 9.24. The summed E-state index contributed by atoms with van der Waals surface area (Å²) in [4.78, 5) is 72.2. The molecule has 0 saturated carbocycles.